The molecule has 1 fully saturated rings. The second-order valence-electron chi connectivity index (χ2n) is 5.43. The van der Waals surface area contributed by atoms with Gasteiger partial charge in [-0.1, -0.05) is 46.5 Å². The predicted molar refractivity (Wildman–Crippen MR) is 67.8 cm³/mol. The van der Waals surface area contributed by atoms with Gasteiger partial charge in [-0.15, -0.1) is 0 Å². The lowest BCUT2D eigenvalue weighted by Crippen LogP contribution is -2.31. The molecule has 3 atom stereocenters. The van der Waals surface area contributed by atoms with Crippen molar-refractivity contribution in [2.24, 2.45) is 23.5 Å². The lowest BCUT2D eigenvalue weighted by atomic mass is 9.87. The van der Waals surface area contributed by atoms with E-state index < -0.39 is 0 Å². The molecule has 0 aliphatic heterocycles. The summed E-state index contributed by atoms with van der Waals surface area (Å²) in [5, 5.41) is 0. The minimum Gasteiger partial charge on any atom is -0.327 e. The van der Waals surface area contributed by atoms with Gasteiger partial charge in [-0.2, -0.15) is 0 Å². The Bertz CT molecular complexity index is 163. The summed E-state index contributed by atoms with van der Waals surface area (Å²) >= 11 is 0. The van der Waals surface area contributed by atoms with Crippen LogP contribution in [0, 0.1) is 17.8 Å². The van der Waals surface area contributed by atoms with Gasteiger partial charge in [-0.3, -0.25) is 0 Å². The van der Waals surface area contributed by atoms with E-state index in [1.165, 1.54) is 44.9 Å². The van der Waals surface area contributed by atoms with Crippen LogP contribution in [0.4, 0.5) is 0 Å². The minimum absolute atomic E-state index is 0.478. The zero-order chi connectivity index (χ0) is 11.3. The van der Waals surface area contributed by atoms with Crippen LogP contribution in [0.25, 0.3) is 0 Å². The average Bonchev–Trinajstić information content (AvgIpc) is 2.74. The molecule has 0 spiro atoms. The van der Waals surface area contributed by atoms with Gasteiger partial charge in [-0.25, -0.2) is 0 Å². The summed E-state index contributed by atoms with van der Waals surface area (Å²) in [5.74, 6) is 2.67. The Labute approximate surface area is 95.8 Å². The molecular weight excluding hydrogens is 182 g/mol. The Morgan fingerprint density at radius 2 is 1.80 bits per heavy atom. The van der Waals surface area contributed by atoms with Crippen molar-refractivity contribution in [1.82, 2.24) is 0 Å². The minimum atomic E-state index is 0.478. The summed E-state index contributed by atoms with van der Waals surface area (Å²) in [7, 11) is 0. The molecule has 0 aromatic rings. The average molecular weight is 211 g/mol. The van der Waals surface area contributed by atoms with Crippen LogP contribution in [0.1, 0.15) is 65.7 Å². The molecule has 2 N–H and O–H groups in total. The summed E-state index contributed by atoms with van der Waals surface area (Å²) < 4.78 is 0. The van der Waals surface area contributed by atoms with Crippen LogP contribution in [0.3, 0.4) is 0 Å². The zero-order valence-corrected chi connectivity index (χ0v) is 10.8. The fourth-order valence-corrected chi connectivity index (χ4v) is 3.07. The van der Waals surface area contributed by atoms with Crippen molar-refractivity contribution in [3.05, 3.63) is 0 Å². The van der Waals surface area contributed by atoms with E-state index in [0.29, 0.717) is 6.04 Å². The SMILES string of the molecule is CCC(CC)CC(N)C1CCC(CC)C1. The summed E-state index contributed by atoms with van der Waals surface area (Å²) in [4.78, 5) is 0. The Hall–Kier alpha value is -0.0400. The number of hydrogen-bond donors (Lipinski definition) is 1. The van der Waals surface area contributed by atoms with E-state index in [2.05, 4.69) is 20.8 Å². The van der Waals surface area contributed by atoms with Crippen LogP contribution >= 0.6 is 0 Å². The van der Waals surface area contributed by atoms with Crippen molar-refractivity contribution in [1.29, 1.82) is 0 Å². The van der Waals surface area contributed by atoms with Crippen LogP contribution in [-0.2, 0) is 0 Å². The molecule has 1 rings (SSSR count). The van der Waals surface area contributed by atoms with Gasteiger partial charge in [0.2, 0.25) is 0 Å². The van der Waals surface area contributed by atoms with Gasteiger partial charge in [-0.05, 0) is 37.0 Å². The second-order valence-corrected chi connectivity index (χ2v) is 5.43. The first-order valence-corrected chi connectivity index (χ1v) is 6.96. The molecule has 1 saturated carbocycles. The molecule has 3 unspecified atom stereocenters. The van der Waals surface area contributed by atoms with E-state index in [1.54, 1.807) is 0 Å². The van der Waals surface area contributed by atoms with Gasteiger partial charge in [0, 0.05) is 6.04 Å². The Morgan fingerprint density at radius 1 is 1.13 bits per heavy atom. The largest absolute Gasteiger partial charge is 0.327 e. The molecule has 0 saturated heterocycles. The molecule has 1 aliphatic rings. The molecule has 15 heavy (non-hydrogen) atoms. The van der Waals surface area contributed by atoms with E-state index in [9.17, 15) is 0 Å². The van der Waals surface area contributed by atoms with Crippen molar-refractivity contribution in [2.45, 2.75) is 71.8 Å². The third-order valence-corrected chi connectivity index (χ3v) is 4.52. The molecule has 1 aliphatic carbocycles. The van der Waals surface area contributed by atoms with Crippen molar-refractivity contribution >= 4 is 0 Å². The normalized spacial score (nSPS) is 28.6. The first-order valence-electron chi connectivity index (χ1n) is 6.96. The van der Waals surface area contributed by atoms with Gasteiger partial charge in [0.25, 0.3) is 0 Å². The Kier molecular flexibility index (Phi) is 5.66. The van der Waals surface area contributed by atoms with Crippen molar-refractivity contribution in [2.75, 3.05) is 0 Å². The van der Waals surface area contributed by atoms with Crippen LogP contribution in [-0.4, -0.2) is 6.04 Å². The molecule has 0 bridgehead atoms. The summed E-state index contributed by atoms with van der Waals surface area (Å²) in [6.07, 6.45) is 9.43. The quantitative estimate of drug-likeness (QED) is 0.707. The maximum absolute atomic E-state index is 6.35. The standard InChI is InChI=1S/C14H29N/c1-4-11(5-2)10-14(15)13-8-7-12(6-3)9-13/h11-14H,4-10,15H2,1-3H3. The first kappa shape index (κ1) is 13.0. The molecular formula is C14H29N. The third kappa shape index (κ3) is 3.79. The van der Waals surface area contributed by atoms with Gasteiger partial charge in [0.1, 0.15) is 0 Å². The van der Waals surface area contributed by atoms with Gasteiger partial charge in [0.05, 0.1) is 0 Å². The summed E-state index contributed by atoms with van der Waals surface area (Å²) in [6.45, 7) is 6.91. The lowest BCUT2D eigenvalue weighted by Gasteiger charge is -2.23. The highest BCUT2D eigenvalue weighted by molar-refractivity contribution is 4.83. The molecule has 1 nitrogen and oxygen atoms in total. The van der Waals surface area contributed by atoms with Crippen LogP contribution < -0.4 is 5.73 Å². The van der Waals surface area contributed by atoms with E-state index in [1.807, 2.05) is 0 Å². The van der Waals surface area contributed by atoms with E-state index >= 15 is 0 Å². The highest BCUT2D eigenvalue weighted by Crippen LogP contribution is 2.36. The van der Waals surface area contributed by atoms with Crippen molar-refractivity contribution in [3.8, 4) is 0 Å². The van der Waals surface area contributed by atoms with E-state index in [4.69, 9.17) is 5.73 Å². The Balaban J connectivity index is 2.31. The highest BCUT2D eigenvalue weighted by Gasteiger charge is 2.28. The van der Waals surface area contributed by atoms with Crippen LogP contribution in [0.15, 0.2) is 0 Å². The topological polar surface area (TPSA) is 26.0 Å². The predicted octanol–water partition coefficient (Wildman–Crippen LogP) is 3.97. The highest BCUT2D eigenvalue weighted by atomic mass is 14.7. The number of rotatable bonds is 6. The molecule has 0 aromatic carbocycles. The van der Waals surface area contributed by atoms with Crippen molar-refractivity contribution in [3.63, 3.8) is 0 Å². The fraction of sp³-hybridized carbons (Fsp3) is 1.00. The smallest absolute Gasteiger partial charge is 0.00698 e. The molecule has 0 aromatic heterocycles. The summed E-state index contributed by atoms with van der Waals surface area (Å²) in [5.41, 5.74) is 6.35. The molecule has 1 heteroatoms. The molecule has 0 heterocycles. The maximum atomic E-state index is 6.35. The zero-order valence-electron chi connectivity index (χ0n) is 10.8. The maximum Gasteiger partial charge on any atom is 0.00698 e. The summed E-state index contributed by atoms with van der Waals surface area (Å²) in [6, 6.07) is 0.478. The first-order chi connectivity index (χ1) is 7.21. The molecule has 90 valence electrons. The number of hydrogen-bond acceptors (Lipinski definition) is 1. The fourth-order valence-electron chi connectivity index (χ4n) is 3.07. The Morgan fingerprint density at radius 3 is 2.27 bits per heavy atom. The third-order valence-electron chi connectivity index (χ3n) is 4.52. The van der Waals surface area contributed by atoms with Crippen molar-refractivity contribution < 1.29 is 0 Å². The molecule has 0 radical (unpaired) electrons. The van der Waals surface area contributed by atoms with Gasteiger partial charge < -0.3 is 5.73 Å². The van der Waals surface area contributed by atoms with E-state index in [0.717, 1.165) is 17.8 Å². The second kappa shape index (κ2) is 6.52. The van der Waals surface area contributed by atoms with Crippen LogP contribution in [0.5, 0.6) is 0 Å². The monoisotopic (exact) mass is 211 g/mol. The lowest BCUT2D eigenvalue weighted by molar-refractivity contribution is 0.324. The van der Waals surface area contributed by atoms with E-state index in [-0.39, 0.29) is 0 Å². The van der Waals surface area contributed by atoms with Gasteiger partial charge in [0.15, 0.2) is 0 Å². The van der Waals surface area contributed by atoms with Gasteiger partial charge >= 0.3 is 0 Å². The molecule has 0 amide bonds. The van der Waals surface area contributed by atoms with Crippen LogP contribution in [0.2, 0.25) is 0 Å². The number of nitrogens with two attached hydrogens (primary N) is 1.